The van der Waals surface area contributed by atoms with Crippen molar-refractivity contribution in [3.8, 4) is 0 Å². The summed E-state index contributed by atoms with van der Waals surface area (Å²) in [4.78, 5) is 22.3. The van der Waals surface area contributed by atoms with Crippen LogP contribution in [0.2, 0.25) is 0 Å². The second-order valence-corrected chi connectivity index (χ2v) is 11.3. The summed E-state index contributed by atoms with van der Waals surface area (Å²) < 4.78 is 13.4. The fourth-order valence-electron chi connectivity index (χ4n) is 4.32. The first-order chi connectivity index (χ1) is 17.9. The number of benzene rings is 4. The number of rotatable bonds is 3. The van der Waals surface area contributed by atoms with Gasteiger partial charge in [-0.05, 0) is 79.0 Å². The maximum Gasteiger partial charge on any atom is 0.495 e. The Kier molecular flexibility index (Phi) is 7.97. The molecule has 0 saturated carbocycles. The van der Waals surface area contributed by atoms with Crippen LogP contribution >= 0.6 is 15.9 Å². The van der Waals surface area contributed by atoms with E-state index in [4.69, 9.17) is 9.31 Å². The minimum absolute atomic E-state index is 0.0582. The number of fused-ring (bicyclic) bond motifs is 2. The van der Waals surface area contributed by atoms with Crippen molar-refractivity contribution in [2.24, 2.45) is 0 Å². The highest BCUT2D eigenvalue weighted by atomic mass is 79.9. The molecule has 1 aliphatic rings. The Morgan fingerprint density at radius 1 is 0.711 bits per heavy atom. The van der Waals surface area contributed by atoms with E-state index in [0.717, 1.165) is 42.9 Å². The fraction of sp³-hybridized carbons (Fsp3) is 0.267. The third-order valence-corrected chi connectivity index (χ3v) is 7.51. The number of hydrogen-bond donors (Lipinski definition) is 2. The minimum atomic E-state index is -0.460. The minimum Gasteiger partial charge on any atom is -0.399 e. The van der Waals surface area contributed by atoms with Gasteiger partial charge in [-0.25, -0.2) is 0 Å². The number of amides is 2. The van der Waals surface area contributed by atoms with Gasteiger partial charge in [-0.2, -0.15) is 0 Å². The van der Waals surface area contributed by atoms with E-state index in [9.17, 15) is 9.59 Å². The molecule has 4 aromatic carbocycles. The molecular weight excluding hydrogens is 543 g/mol. The number of nitrogens with one attached hydrogen (secondary N) is 2. The summed E-state index contributed by atoms with van der Waals surface area (Å²) in [6, 6.07) is 23.8. The highest BCUT2D eigenvalue weighted by Gasteiger charge is 2.52. The SMILES string of the molecule is CC(=O)Nc1cc(B2OC(C)(C)C(C)(C)O2)c2ccccc2c1.CC(=O)Nc1cc(Br)c2ccccc2c1. The second kappa shape index (κ2) is 10.9. The van der Waals surface area contributed by atoms with E-state index in [1.54, 1.807) is 0 Å². The van der Waals surface area contributed by atoms with E-state index in [0.29, 0.717) is 0 Å². The topological polar surface area (TPSA) is 76.7 Å². The molecule has 1 aliphatic heterocycles. The fourth-order valence-corrected chi connectivity index (χ4v) is 4.93. The van der Waals surface area contributed by atoms with Gasteiger partial charge in [-0.3, -0.25) is 9.59 Å². The standard InChI is InChI=1S/C18H22BNO3.C12H10BrNO/c1-12(21)20-14-10-13-8-6-7-9-15(13)16(11-14)19-22-17(2,3)18(4,5)23-19;1-8(15)14-10-6-9-4-2-3-5-11(9)12(13)7-10/h6-11H,1-5H3,(H,20,21);2-7H,1H3,(H,14,15). The maximum absolute atomic E-state index is 11.4. The summed E-state index contributed by atoms with van der Waals surface area (Å²) in [7, 11) is -0.460. The molecular formula is C30H32BBrN2O4. The normalized spacial score (nSPS) is 15.6. The molecule has 38 heavy (non-hydrogen) atoms. The summed E-state index contributed by atoms with van der Waals surface area (Å²) >= 11 is 3.49. The van der Waals surface area contributed by atoms with Crippen LogP contribution in [-0.2, 0) is 18.9 Å². The Labute approximate surface area is 232 Å². The van der Waals surface area contributed by atoms with Crippen LogP contribution in [0.15, 0.2) is 77.3 Å². The Morgan fingerprint density at radius 3 is 1.68 bits per heavy atom. The third kappa shape index (κ3) is 6.09. The Balaban J connectivity index is 0.000000194. The van der Waals surface area contributed by atoms with E-state index in [1.807, 2.05) is 100 Å². The number of carbonyl (C=O) groups is 2. The van der Waals surface area contributed by atoms with Crippen LogP contribution in [0.4, 0.5) is 11.4 Å². The smallest absolute Gasteiger partial charge is 0.399 e. The first-order valence-electron chi connectivity index (χ1n) is 12.5. The van der Waals surface area contributed by atoms with Crippen LogP contribution in [0.1, 0.15) is 41.5 Å². The Morgan fingerprint density at radius 2 is 1.16 bits per heavy atom. The number of carbonyl (C=O) groups excluding carboxylic acids is 2. The summed E-state index contributed by atoms with van der Waals surface area (Å²) in [5, 5.41) is 9.99. The summed E-state index contributed by atoms with van der Waals surface area (Å²) in [6.45, 7) is 11.1. The predicted molar refractivity (Wildman–Crippen MR) is 160 cm³/mol. The molecule has 2 N–H and O–H groups in total. The first kappa shape index (κ1) is 27.8. The van der Waals surface area contributed by atoms with E-state index < -0.39 is 18.3 Å². The van der Waals surface area contributed by atoms with Crippen LogP contribution in [0, 0.1) is 0 Å². The van der Waals surface area contributed by atoms with Crippen LogP contribution in [0.5, 0.6) is 0 Å². The summed E-state index contributed by atoms with van der Waals surface area (Å²) in [5.41, 5.74) is 1.70. The van der Waals surface area contributed by atoms with Gasteiger partial charge in [0, 0.05) is 29.7 Å². The molecule has 1 fully saturated rings. The van der Waals surface area contributed by atoms with Crippen molar-refractivity contribution >= 4 is 73.2 Å². The predicted octanol–water partition coefficient (Wildman–Crippen LogP) is 6.66. The average Bonchev–Trinajstić information content (AvgIpc) is 3.05. The molecule has 5 rings (SSSR count). The molecule has 1 saturated heterocycles. The van der Waals surface area contributed by atoms with Crippen molar-refractivity contribution in [1.82, 2.24) is 0 Å². The molecule has 0 aromatic heterocycles. The highest BCUT2D eigenvalue weighted by molar-refractivity contribution is 9.10. The molecule has 6 nitrogen and oxygen atoms in total. The zero-order valence-electron chi connectivity index (χ0n) is 22.5. The van der Waals surface area contributed by atoms with Crippen LogP contribution in [-0.4, -0.2) is 30.1 Å². The molecule has 0 bridgehead atoms. The molecule has 2 amide bonds. The lowest BCUT2D eigenvalue weighted by atomic mass is 9.75. The van der Waals surface area contributed by atoms with Gasteiger partial charge in [0.25, 0.3) is 0 Å². The van der Waals surface area contributed by atoms with Crippen molar-refractivity contribution < 1.29 is 18.9 Å². The lowest BCUT2D eigenvalue weighted by molar-refractivity contribution is -0.115. The van der Waals surface area contributed by atoms with Gasteiger partial charge in [0.05, 0.1) is 11.2 Å². The van der Waals surface area contributed by atoms with Gasteiger partial charge < -0.3 is 19.9 Å². The molecule has 8 heteroatoms. The van der Waals surface area contributed by atoms with Crippen molar-refractivity contribution in [2.75, 3.05) is 10.6 Å². The van der Waals surface area contributed by atoms with E-state index in [2.05, 4.69) is 26.6 Å². The summed E-state index contributed by atoms with van der Waals surface area (Å²) in [6.07, 6.45) is 0. The second-order valence-electron chi connectivity index (χ2n) is 10.4. The number of anilines is 2. The van der Waals surface area contributed by atoms with Gasteiger partial charge >= 0.3 is 7.12 Å². The zero-order valence-corrected chi connectivity index (χ0v) is 24.1. The third-order valence-electron chi connectivity index (χ3n) is 6.85. The number of halogens is 1. The molecule has 0 radical (unpaired) electrons. The van der Waals surface area contributed by atoms with Crippen molar-refractivity contribution in [1.29, 1.82) is 0 Å². The largest absolute Gasteiger partial charge is 0.495 e. The first-order valence-corrected chi connectivity index (χ1v) is 13.3. The van der Waals surface area contributed by atoms with Crippen LogP contribution in [0.25, 0.3) is 21.5 Å². The van der Waals surface area contributed by atoms with Gasteiger partial charge in [-0.1, -0.05) is 64.5 Å². The van der Waals surface area contributed by atoms with E-state index in [1.165, 1.54) is 13.8 Å². The van der Waals surface area contributed by atoms with Gasteiger partial charge in [0.2, 0.25) is 11.8 Å². The highest BCUT2D eigenvalue weighted by Crippen LogP contribution is 2.37. The quantitative estimate of drug-likeness (QED) is 0.268. The average molecular weight is 575 g/mol. The molecule has 4 aromatic rings. The van der Waals surface area contributed by atoms with Gasteiger partial charge in [0.1, 0.15) is 0 Å². The van der Waals surface area contributed by atoms with Crippen molar-refractivity contribution in [2.45, 2.75) is 52.7 Å². The lowest BCUT2D eigenvalue weighted by Crippen LogP contribution is -2.41. The van der Waals surface area contributed by atoms with E-state index in [-0.39, 0.29) is 11.8 Å². The van der Waals surface area contributed by atoms with E-state index >= 15 is 0 Å². The molecule has 0 spiro atoms. The molecule has 0 aliphatic carbocycles. The van der Waals surface area contributed by atoms with Crippen LogP contribution < -0.4 is 16.1 Å². The lowest BCUT2D eigenvalue weighted by Gasteiger charge is -2.32. The Hall–Kier alpha value is -3.20. The number of hydrogen-bond acceptors (Lipinski definition) is 4. The van der Waals surface area contributed by atoms with Crippen LogP contribution in [0.3, 0.4) is 0 Å². The molecule has 0 unspecified atom stereocenters. The van der Waals surface area contributed by atoms with Crippen molar-refractivity contribution in [3.63, 3.8) is 0 Å². The molecule has 1 heterocycles. The maximum atomic E-state index is 11.4. The monoisotopic (exact) mass is 574 g/mol. The Bertz CT molecular complexity index is 1500. The van der Waals surface area contributed by atoms with Crippen molar-refractivity contribution in [3.05, 3.63) is 77.3 Å². The zero-order chi connectivity index (χ0) is 27.7. The molecule has 0 atom stereocenters. The molecule has 196 valence electrons. The van der Waals surface area contributed by atoms with Gasteiger partial charge in [-0.15, -0.1) is 0 Å². The summed E-state index contributed by atoms with van der Waals surface area (Å²) in [5.74, 6) is -0.155. The van der Waals surface area contributed by atoms with Gasteiger partial charge in [0.15, 0.2) is 0 Å².